The third-order valence-corrected chi connectivity index (χ3v) is 6.80. The molecule has 1 amide bonds. The minimum Gasteiger partial charge on any atom is -0.497 e. The number of benzene rings is 3. The summed E-state index contributed by atoms with van der Waals surface area (Å²) in [6.45, 7) is 0.578. The number of nitrogens with zero attached hydrogens (tertiary/aromatic N) is 1. The van der Waals surface area contributed by atoms with Crippen molar-refractivity contribution in [2.45, 2.75) is 18.8 Å². The molecular formula is C30H34N2O5. The SMILES string of the molecule is COc1ccc([C@H](CC(=O)N(C)CCc2ccc(OC)c(OC)c2)c2c[nH]c3ccccc23)c(OC)c1. The van der Waals surface area contributed by atoms with Gasteiger partial charge in [0.1, 0.15) is 11.5 Å². The molecule has 1 aromatic heterocycles. The van der Waals surface area contributed by atoms with Crippen LogP contribution >= 0.6 is 0 Å². The fraction of sp³-hybridized carbons (Fsp3) is 0.300. The van der Waals surface area contributed by atoms with E-state index in [4.69, 9.17) is 18.9 Å². The summed E-state index contributed by atoms with van der Waals surface area (Å²) >= 11 is 0. The molecule has 194 valence electrons. The number of carbonyl (C=O) groups excluding carboxylic acids is 1. The van der Waals surface area contributed by atoms with E-state index in [-0.39, 0.29) is 11.8 Å². The molecule has 0 aliphatic carbocycles. The summed E-state index contributed by atoms with van der Waals surface area (Å²) in [4.78, 5) is 18.7. The zero-order valence-electron chi connectivity index (χ0n) is 22.0. The van der Waals surface area contributed by atoms with Gasteiger partial charge in [-0.15, -0.1) is 0 Å². The lowest BCUT2D eigenvalue weighted by Gasteiger charge is -2.24. The van der Waals surface area contributed by atoms with Crippen molar-refractivity contribution in [2.24, 2.45) is 0 Å². The van der Waals surface area contributed by atoms with Crippen LogP contribution in [0.1, 0.15) is 29.0 Å². The molecule has 4 rings (SSSR count). The number of methoxy groups -OCH3 is 4. The van der Waals surface area contributed by atoms with Crippen molar-refractivity contribution in [3.05, 3.63) is 83.6 Å². The zero-order valence-corrected chi connectivity index (χ0v) is 22.0. The van der Waals surface area contributed by atoms with Crippen molar-refractivity contribution in [1.82, 2.24) is 9.88 Å². The largest absolute Gasteiger partial charge is 0.497 e. The van der Waals surface area contributed by atoms with Gasteiger partial charge in [-0.2, -0.15) is 0 Å². The molecule has 0 aliphatic heterocycles. The molecule has 1 N–H and O–H groups in total. The first-order valence-corrected chi connectivity index (χ1v) is 12.2. The second-order valence-corrected chi connectivity index (χ2v) is 8.91. The Balaban J connectivity index is 1.59. The molecule has 0 bridgehead atoms. The fourth-order valence-corrected chi connectivity index (χ4v) is 4.66. The van der Waals surface area contributed by atoms with Gasteiger partial charge >= 0.3 is 0 Å². The van der Waals surface area contributed by atoms with Gasteiger partial charge in [0.25, 0.3) is 0 Å². The van der Waals surface area contributed by atoms with Crippen LogP contribution < -0.4 is 18.9 Å². The van der Waals surface area contributed by atoms with E-state index in [0.29, 0.717) is 42.4 Å². The number of amides is 1. The quantitative estimate of drug-likeness (QED) is 0.296. The maximum atomic E-state index is 13.5. The molecule has 0 spiro atoms. The van der Waals surface area contributed by atoms with Crippen molar-refractivity contribution in [1.29, 1.82) is 0 Å². The number of likely N-dealkylation sites (N-methyl/N-ethyl adjacent to an activating group) is 1. The minimum atomic E-state index is -0.201. The Morgan fingerprint density at radius 2 is 1.59 bits per heavy atom. The molecule has 0 unspecified atom stereocenters. The van der Waals surface area contributed by atoms with E-state index >= 15 is 0 Å². The van der Waals surface area contributed by atoms with Crippen LogP contribution in [0.25, 0.3) is 10.9 Å². The van der Waals surface area contributed by atoms with Crippen molar-refractivity contribution >= 4 is 16.8 Å². The Labute approximate surface area is 217 Å². The first-order chi connectivity index (χ1) is 18.0. The zero-order chi connectivity index (χ0) is 26.4. The third-order valence-electron chi connectivity index (χ3n) is 6.80. The molecule has 1 heterocycles. The highest BCUT2D eigenvalue weighted by Gasteiger charge is 2.26. The Kier molecular flexibility index (Phi) is 8.23. The fourth-order valence-electron chi connectivity index (χ4n) is 4.66. The smallest absolute Gasteiger partial charge is 0.223 e. The topological polar surface area (TPSA) is 73.0 Å². The van der Waals surface area contributed by atoms with E-state index in [1.54, 1.807) is 33.3 Å². The Hall–Kier alpha value is -4.13. The molecule has 7 heteroatoms. The Morgan fingerprint density at radius 1 is 0.838 bits per heavy atom. The highest BCUT2D eigenvalue weighted by Crippen LogP contribution is 2.39. The number of carbonyl (C=O) groups is 1. The number of ether oxygens (including phenoxy) is 4. The summed E-state index contributed by atoms with van der Waals surface area (Å²) in [5, 5.41) is 1.09. The van der Waals surface area contributed by atoms with Gasteiger partial charge in [-0.1, -0.05) is 30.3 Å². The lowest BCUT2D eigenvalue weighted by molar-refractivity contribution is -0.130. The summed E-state index contributed by atoms with van der Waals surface area (Å²) in [5.74, 6) is 2.61. The summed E-state index contributed by atoms with van der Waals surface area (Å²) in [7, 11) is 8.35. The number of aromatic amines is 1. The van der Waals surface area contributed by atoms with Crippen LogP contribution in [-0.4, -0.2) is 57.8 Å². The molecule has 4 aromatic rings. The van der Waals surface area contributed by atoms with Gasteiger partial charge in [-0.3, -0.25) is 4.79 Å². The molecule has 37 heavy (non-hydrogen) atoms. The van der Waals surface area contributed by atoms with Gasteiger partial charge in [0.15, 0.2) is 11.5 Å². The summed E-state index contributed by atoms with van der Waals surface area (Å²) in [6.07, 6.45) is 3.00. The van der Waals surface area contributed by atoms with Crippen molar-refractivity contribution in [3.8, 4) is 23.0 Å². The predicted octanol–water partition coefficient (Wildman–Crippen LogP) is 5.43. The second-order valence-electron chi connectivity index (χ2n) is 8.91. The van der Waals surface area contributed by atoms with Crippen LogP contribution in [0.4, 0.5) is 0 Å². The molecule has 3 aromatic carbocycles. The van der Waals surface area contributed by atoms with Gasteiger partial charge in [0.2, 0.25) is 5.91 Å². The molecule has 0 saturated carbocycles. The molecule has 0 radical (unpaired) electrons. The van der Waals surface area contributed by atoms with Crippen molar-refractivity contribution in [2.75, 3.05) is 42.0 Å². The number of hydrogen-bond donors (Lipinski definition) is 1. The highest BCUT2D eigenvalue weighted by molar-refractivity contribution is 5.86. The van der Waals surface area contributed by atoms with Gasteiger partial charge in [-0.25, -0.2) is 0 Å². The van der Waals surface area contributed by atoms with Gasteiger partial charge in [0, 0.05) is 54.7 Å². The van der Waals surface area contributed by atoms with Crippen LogP contribution in [0.15, 0.2) is 66.9 Å². The third kappa shape index (κ3) is 5.66. The number of para-hydroxylation sites is 1. The molecule has 1 atom stereocenters. The van der Waals surface area contributed by atoms with Crippen molar-refractivity contribution in [3.63, 3.8) is 0 Å². The predicted molar refractivity (Wildman–Crippen MR) is 145 cm³/mol. The number of aromatic nitrogens is 1. The Bertz CT molecular complexity index is 1360. The van der Waals surface area contributed by atoms with Crippen LogP contribution in [0.3, 0.4) is 0 Å². The van der Waals surface area contributed by atoms with Gasteiger partial charge < -0.3 is 28.8 Å². The maximum absolute atomic E-state index is 13.5. The summed E-state index contributed by atoms with van der Waals surface area (Å²) < 4.78 is 21.9. The van der Waals surface area contributed by atoms with E-state index in [1.165, 1.54) is 0 Å². The summed E-state index contributed by atoms with van der Waals surface area (Å²) in [6, 6.07) is 19.7. The average Bonchev–Trinajstić information content (AvgIpc) is 3.37. The van der Waals surface area contributed by atoms with E-state index in [1.807, 2.05) is 67.8 Å². The van der Waals surface area contributed by atoms with Crippen LogP contribution in [0.5, 0.6) is 23.0 Å². The molecule has 7 nitrogen and oxygen atoms in total. The van der Waals surface area contributed by atoms with Gasteiger partial charge in [-0.05, 0) is 41.8 Å². The number of fused-ring (bicyclic) bond motifs is 1. The number of nitrogens with one attached hydrogen (secondary N) is 1. The van der Waals surface area contributed by atoms with Crippen LogP contribution in [0.2, 0.25) is 0 Å². The molecule has 0 aliphatic rings. The lowest BCUT2D eigenvalue weighted by atomic mass is 9.87. The molecule has 0 saturated heterocycles. The maximum Gasteiger partial charge on any atom is 0.223 e. The number of rotatable bonds is 11. The highest BCUT2D eigenvalue weighted by atomic mass is 16.5. The van der Waals surface area contributed by atoms with Crippen LogP contribution in [-0.2, 0) is 11.2 Å². The lowest BCUT2D eigenvalue weighted by Crippen LogP contribution is -2.30. The van der Waals surface area contributed by atoms with E-state index < -0.39 is 0 Å². The van der Waals surface area contributed by atoms with Gasteiger partial charge in [0.05, 0.1) is 28.4 Å². The molecule has 0 fully saturated rings. The standard InChI is InChI=1S/C30H34N2O5/c1-32(15-14-20-10-13-27(35-3)29(16-20)37-5)30(33)18-24(23-12-11-21(34-2)17-28(23)36-4)25-19-31-26-9-7-6-8-22(25)26/h6-13,16-17,19,24,31H,14-15,18H2,1-5H3/t24-/m0/s1. The monoisotopic (exact) mass is 502 g/mol. The van der Waals surface area contributed by atoms with Crippen molar-refractivity contribution < 1.29 is 23.7 Å². The van der Waals surface area contributed by atoms with E-state index in [9.17, 15) is 4.79 Å². The van der Waals surface area contributed by atoms with E-state index in [2.05, 4.69) is 11.1 Å². The normalized spacial score (nSPS) is 11.7. The second kappa shape index (κ2) is 11.7. The number of H-pyrrole nitrogens is 1. The van der Waals surface area contributed by atoms with E-state index in [0.717, 1.165) is 27.6 Å². The Morgan fingerprint density at radius 3 is 2.32 bits per heavy atom. The average molecular weight is 503 g/mol. The number of hydrogen-bond acceptors (Lipinski definition) is 5. The summed E-state index contributed by atoms with van der Waals surface area (Å²) in [5.41, 5.74) is 4.10. The van der Waals surface area contributed by atoms with Crippen LogP contribution in [0, 0.1) is 0 Å². The molecular weight excluding hydrogens is 468 g/mol. The first kappa shape index (κ1) is 25.9. The minimum absolute atomic E-state index is 0.0497. The first-order valence-electron chi connectivity index (χ1n) is 12.2.